The molecule has 19 heavy (non-hydrogen) atoms. The highest BCUT2D eigenvalue weighted by atomic mass is 16.6. The van der Waals surface area contributed by atoms with Crippen molar-refractivity contribution in [3.05, 3.63) is 18.2 Å². The van der Waals surface area contributed by atoms with Crippen LogP contribution < -0.4 is 20.3 Å². The zero-order valence-corrected chi connectivity index (χ0v) is 10.2. The van der Waals surface area contributed by atoms with Crippen molar-refractivity contribution in [2.45, 2.75) is 17.4 Å². The molecule has 2 atom stereocenters. The summed E-state index contributed by atoms with van der Waals surface area (Å²) in [6, 6.07) is 5.18. The quantitative estimate of drug-likeness (QED) is 0.587. The van der Waals surface area contributed by atoms with Crippen LogP contribution in [0.1, 0.15) is 0 Å². The third-order valence-corrected chi connectivity index (χ3v) is 3.04. The number of hydrogen-bond donors (Lipinski definition) is 1. The van der Waals surface area contributed by atoms with Crippen LogP contribution in [0.2, 0.25) is 0 Å². The Morgan fingerprint density at radius 1 is 1.32 bits per heavy atom. The van der Waals surface area contributed by atoms with Gasteiger partial charge in [0.1, 0.15) is 28.1 Å². The van der Waals surface area contributed by atoms with Crippen molar-refractivity contribution in [3.63, 3.8) is 0 Å². The number of nitrogens with one attached hydrogen (secondary N) is 1. The first-order chi connectivity index (χ1) is 8.95. The maximum Gasteiger partial charge on any atom is 0.189 e. The Morgan fingerprint density at radius 3 is 2.79 bits per heavy atom. The fourth-order valence-corrected chi connectivity index (χ4v) is 1.97. The van der Waals surface area contributed by atoms with E-state index >= 15 is 0 Å². The minimum atomic E-state index is -1.26. The van der Waals surface area contributed by atoms with Gasteiger partial charge in [-0.1, -0.05) is 11.5 Å². The number of aliphatic imine (C=N–C) groups is 1. The summed E-state index contributed by atoms with van der Waals surface area (Å²) in [5.41, 5.74) is 0.613. The van der Waals surface area contributed by atoms with Gasteiger partial charge in [0.05, 0.1) is 15.7 Å². The van der Waals surface area contributed by atoms with Crippen molar-refractivity contribution >= 4 is 42.7 Å². The van der Waals surface area contributed by atoms with Gasteiger partial charge in [0.15, 0.2) is 17.6 Å². The first-order valence-corrected chi connectivity index (χ1v) is 5.84. The predicted molar refractivity (Wildman–Crippen MR) is 76.1 cm³/mol. The third-order valence-electron chi connectivity index (χ3n) is 3.04. The van der Waals surface area contributed by atoms with Gasteiger partial charge in [0.2, 0.25) is 0 Å². The van der Waals surface area contributed by atoms with Gasteiger partial charge in [-0.25, -0.2) is 0 Å². The van der Waals surface area contributed by atoms with Crippen LogP contribution in [0.5, 0.6) is 11.5 Å². The van der Waals surface area contributed by atoms with Crippen molar-refractivity contribution in [3.8, 4) is 11.5 Å². The van der Waals surface area contributed by atoms with Crippen LogP contribution in [0.4, 0.5) is 0 Å². The highest BCUT2D eigenvalue weighted by Gasteiger charge is 2.36. The fourth-order valence-electron chi connectivity index (χ4n) is 1.97. The molecule has 0 fully saturated rings. The standard InChI is InChI=1S/C11H8B4N2O2/c12-5-1-2-6-7(3-5)18-4-8(19-6)9-16-10(13)11(14,15)17-9/h1-3,8,10H,4H2,(H,16,17). The van der Waals surface area contributed by atoms with E-state index in [0.717, 1.165) is 0 Å². The second-order valence-corrected chi connectivity index (χ2v) is 4.64. The second-order valence-electron chi connectivity index (χ2n) is 4.64. The van der Waals surface area contributed by atoms with Crippen LogP contribution in [0, 0.1) is 0 Å². The van der Waals surface area contributed by atoms with Gasteiger partial charge < -0.3 is 14.8 Å². The molecule has 2 heterocycles. The van der Waals surface area contributed by atoms with E-state index in [1.807, 2.05) is 0 Å². The van der Waals surface area contributed by atoms with E-state index in [0.29, 0.717) is 22.8 Å². The van der Waals surface area contributed by atoms with Gasteiger partial charge in [-0.2, -0.15) is 0 Å². The maximum atomic E-state index is 5.77. The molecule has 3 rings (SSSR count). The number of nitrogens with zero attached hydrogens (tertiary/aromatic N) is 1. The van der Waals surface area contributed by atoms with Crippen LogP contribution >= 0.6 is 0 Å². The third kappa shape index (κ3) is 2.24. The molecular formula is C11H8B4N2O2. The summed E-state index contributed by atoms with van der Waals surface area (Å²) in [7, 11) is 22.9. The molecule has 0 amide bonds. The Morgan fingerprint density at radius 2 is 2.11 bits per heavy atom. The SMILES string of the molecule is [B]c1ccc2c(c1)OCC(C1=NC([B])C([B])([B])N1)O2. The molecular weight excluding hydrogens is 235 g/mol. The molecule has 4 nitrogen and oxygen atoms in total. The van der Waals surface area contributed by atoms with Crippen LogP contribution in [0.3, 0.4) is 0 Å². The monoisotopic (exact) mass is 244 g/mol. The van der Waals surface area contributed by atoms with Gasteiger partial charge >= 0.3 is 0 Å². The number of rotatable bonds is 1. The summed E-state index contributed by atoms with van der Waals surface area (Å²) in [6.45, 7) is 0.283. The number of amidine groups is 1. The van der Waals surface area contributed by atoms with Crippen LogP contribution in [0.15, 0.2) is 23.2 Å². The lowest BCUT2D eigenvalue weighted by molar-refractivity contribution is 0.133. The highest BCUT2D eigenvalue weighted by molar-refractivity contribution is 6.46. The van der Waals surface area contributed by atoms with Crippen molar-refractivity contribution in [2.75, 3.05) is 6.61 Å². The molecule has 0 spiro atoms. The van der Waals surface area contributed by atoms with Crippen molar-refractivity contribution < 1.29 is 9.47 Å². The molecule has 1 aromatic rings. The summed E-state index contributed by atoms with van der Waals surface area (Å²) in [6.07, 6.45) is -0.420. The number of hydrogen-bond acceptors (Lipinski definition) is 4. The molecule has 1 N–H and O–H groups in total. The topological polar surface area (TPSA) is 42.8 Å². The normalized spacial score (nSPS) is 27.5. The Labute approximate surface area is 117 Å². The van der Waals surface area contributed by atoms with E-state index < -0.39 is 17.4 Å². The molecule has 2 aliphatic heterocycles. The van der Waals surface area contributed by atoms with Crippen LogP contribution in [0.25, 0.3) is 0 Å². The lowest BCUT2D eigenvalue weighted by atomic mass is 9.54. The van der Waals surface area contributed by atoms with Gasteiger partial charge in [-0.15, -0.1) is 0 Å². The van der Waals surface area contributed by atoms with Crippen LogP contribution in [-0.2, 0) is 0 Å². The molecule has 86 valence electrons. The van der Waals surface area contributed by atoms with Gasteiger partial charge in [0, 0.05) is 5.94 Å². The first kappa shape index (κ1) is 12.6. The average Bonchev–Trinajstić information content (AvgIpc) is 2.63. The molecule has 2 unspecified atom stereocenters. The zero-order chi connectivity index (χ0) is 13.6. The molecule has 1 aromatic carbocycles. The lowest BCUT2D eigenvalue weighted by Gasteiger charge is -2.30. The molecule has 0 bridgehead atoms. The van der Waals surface area contributed by atoms with E-state index in [1.54, 1.807) is 18.2 Å². The lowest BCUT2D eigenvalue weighted by Crippen LogP contribution is -2.55. The van der Waals surface area contributed by atoms with E-state index in [4.69, 9.17) is 40.9 Å². The van der Waals surface area contributed by atoms with Gasteiger partial charge in [0.25, 0.3) is 0 Å². The number of ether oxygens (including phenoxy) is 2. The van der Waals surface area contributed by atoms with Gasteiger partial charge in [-0.05, 0) is 17.5 Å². The van der Waals surface area contributed by atoms with Crippen molar-refractivity contribution in [1.82, 2.24) is 5.32 Å². The number of benzene rings is 1. The highest BCUT2D eigenvalue weighted by Crippen LogP contribution is 2.31. The molecule has 0 saturated carbocycles. The molecule has 0 aromatic heterocycles. The van der Waals surface area contributed by atoms with Crippen molar-refractivity contribution in [2.24, 2.45) is 4.99 Å². The molecule has 8 heteroatoms. The van der Waals surface area contributed by atoms with E-state index in [9.17, 15) is 0 Å². The van der Waals surface area contributed by atoms with E-state index in [-0.39, 0.29) is 6.61 Å². The maximum absolute atomic E-state index is 5.77. The largest absolute Gasteiger partial charge is 0.485 e. The Kier molecular flexibility index (Phi) is 2.84. The van der Waals surface area contributed by atoms with E-state index in [1.165, 1.54) is 0 Å². The Hall–Kier alpha value is -1.45. The predicted octanol–water partition coefficient (Wildman–Crippen LogP) is -1.89. The van der Waals surface area contributed by atoms with E-state index in [2.05, 4.69) is 10.3 Å². The summed E-state index contributed by atoms with van der Waals surface area (Å²) < 4.78 is 11.4. The molecule has 8 radical (unpaired) electrons. The molecule has 2 aliphatic rings. The Balaban J connectivity index is 1.80. The van der Waals surface area contributed by atoms with Crippen molar-refractivity contribution in [1.29, 1.82) is 0 Å². The average molecular weight is 243 g/mol. The first-order valence-electron chi connectivity index (χ1n) is 5.84. The summed E-state index contributed by atoms with van der Waals surface area (Å²) in [4.78, 5) is 4.16. The molecule has 0 saturated heterocycles. The van der Waals surface area contributed by atoms with Gasteiger partial charge in [-0.3, -0.25) is 4.99 Å². The minimum absolute atomic E-state index is 0.283. The number of fused-ring (bicyclic) bond motifs is 1. The summed E-state index contributed by atoms with van der Waals surface area (Å²) in [5, 5.41) is 1.58. The Bertz CT molecular complexity index is 549. The molecule has 0 aliphatic carbocycles. The smallest absolute Gasteiger partial charge is 0.189 e. The fraction of sp³-hybridized carbons (Fsp3) is 0.364. The summed E-state index contributed by atoms with van der Waals surface area (Å²) in [5.74, 6) is 0.958. The second kappa shape index (κ2) is 4.29. The zero-order valence-electron chi connectivity index (χ0n) is 10.2. The minimum Gasteiger partial charge on any atom is -0.485 e. The summed E-state index contributed by atoms with van der Waals surface area (Å²) >= 11 is 0. The van der Waals surface area contributed by atoms with Crippen LogP contribution in [-0.4, -0.2) is 61.2 Å².